The molecule has 0 aromatic heterocycles. The molecule has 0 aromatic carbocycles. The molecule has 0 amide bonds. The van der Waals surface area contributed by atoms with Crippen LogP contribution in [-0.4, -0.2) is 7.85 Å². The van der Waals surface area contributed by atoms with Crippen molar-refractivity contribution in [1.29, 1.82) is 0 Å². The molecule has 0 nitrogen and oxygen atoms in total. The van der Waals surface area contributed by atoms with Crippen LogP contribution in [0.25, 0.3) is 0 Å². The second-order valence-corrected chi connectivity index (χ2v) is 2.07. The van der Waals surface area contributed by atoms with Gasteiger partial charge in [-0.15, -0.1) is 0 Å². The molecule has 2 radical (unpaired) electrons. The van der Waals surface area contributed by atoms with E-state index in [1.54, 1.807) is 6.08 Å². The Morgan fingerprint density at radius 1 is 1.36 bits per heavy atom. The highest BCUT2D eigenvalue weighted by Gasteiger charge is 1.79. The Morgan fingerprint density at radius 3 is 1.91 bits per heavy atom. The van der Waals surface area contributed by atoms with Gasteiger partial charge >= 0.3 is 0 Å². The van der Waals surface area contributed by atoms with Gasteiger partial charge in [0.1, 0.15) is 0 Å². The first-order valence-corrected chi connectivity index (χ1v) is 3.80. The Bertz CT molecular complexity index is 119. The quantitative estimate of drug-likeness (QED) is 0.327. The molecule has 0 saturated heterocycles. The van der Waals surface area contributed by atoms with E-state index in [2.05, 4.69) is 13.2 Å². The van der Waals surface area contributed by atoms with Gasteiger partial charge in [0.25, 0.3) is 0 Å². The van der Waals surface area contributed by atoms with Gasteiger partial charge in [-0.05, 0) is 20.3 Å². The van der Waals surface area contributed by atoms with Gasteiger partial charge in [-0.25, -0.2) is 0 Å². The standard InChI is InChI=1S/C6H9B.C4H8/c1-3-6(2)4-5-7;1-3-4-2/h3H,1-2,4-5H2;3-4H,1-2H3/b;4-3-. The third-order valence-corrected chi connectivity index (χ3v) is 1.09. The molecule has 0 unspecified atom stereocenters. The zero-order valence-electron chi connectivity index (χ0n) is 7.64. The number of allylic oxidation sites excluding steroid dienone is 4. The summed E-state index contributed by atoms with van der Waals surface area (Å²) in [6.45, 7) is 11.2. The summed E-state index contributed by atoms with van der Waals surface area (Å²) in [4.78, 5) is 0. The molecule has 0 rings (SSSR count). The van der Waals surface area contributed by atoms with Gasteiger partial charge in [0.05, 0.1) is 7.85 Å². The van der Waals surface area contributed by atoms with Crippen molar-refractivity contribution in [2.45, 2.75) is 26.6 Å². The van der Waals surface area contributed by atoms with E-state index >= 15 is 0 Å². The molecule has 0 bridgehead atoms. The molecule has 11 heavy (non-hydrogen) atoms. The van der Waals surface area contributed by atoms with Crippen LogP contribution in [0.15, 0.2) is 37.0 Å². The van der Waals surface area contributed by atoms with E-state index in [0.717, 1.165) is 12.0 Å². The maximum atomic E-state index is 5.20. The summed E-state index contributed by atoms with van der Waals surface area (Å²) in [5.74, 6) is 0. The minimum atomic E-state index is 0.671. The van der Waals surface area contributed by atoms with Gasteiger partial charge in [0.15, 0.2) is 0 Å². The Kier molecular flexibility index (Phi) is 14.1. The van der Waals surface area contributed by atoms with Crippen LogP contribution < -0.4 is 0 Å². The first-order valence-electron chi connectivity index (χ1n) is 3.80. The number of rotatable bonds is 3. The highest BCUT2D eigenvalue weighted by Crippen LogP contribution is 1.99. The Morgan fingerprint density at radius 2 is 1.82 bits per heavy atom. The Hall–Kier alpha value is -0.715. The molecule has 0 heterocycles. The molecule has 60 valence electrons. The second-order valence-electron chi connectivity index (χ2n) is 2.07. The largest absolute Gasteiger partial charge is 0.0988 e. The van der Waals surface area contributed by atoms with E-state index in [-0.39, 0.29) is 0 Å². The van der Waals surface area contributed by atoms with Crippen molar-refractivity contribution < 1.29 is 0 Å². The van der Waals surface area contributed by atoms with E-state index < -0.39 is 0 Å². The van der Waals surface area contributed by atoms with Crippen LogP contribution in [0.2, 0.25) is 6.32 Å². The summed E-state index contributed by atoms with van der Waals surface area (Å²) < 4.78 is 0. The van der Waals surface area contributed by atoms with Crippen LogP contribution in [0.3, 0.4) is 0 Å². The fourth-order valence-corrected chi connectivity index (χ4v) is 0.287. The average molecular weight is 148 g/mol. The van der Waals surface area contributed by atoms with Crippen LogP contribution in [-0.2, 0) is 0 Å². The third kappa shape index (κ3) is 17.6. The van der Waals surface area contributed by atoms with E-state index in [1.807, 2.05) is 26.0 Å². The SMILES string of the molecule is C/C=C\C.[B]CCC(=C)C=C. The van der Waals surface area contributed by atoms with Gasteiger partial charge in [0, 0.05) is 0 Å². The molecular formula is C10H17B. The number of hydrogen-bond donors (Lipinski definition) is 0. The minimum Gasteiger partial charge on any atom is -0.0988 e. The lowest BCUT2D eigenvalue weighted by Crippen LogP contribution is -1.72. The van der Waals surface area contributed by atoms with Crippen molar-refractivity contribution in [3.05, 3.63) is 37.0 Å². The summed E-state index contributed by atoms with van der Waals surface area (Å²) >= 11 is 0. The predicted octanol–water partition coefficient (Wildman–Crippen LogP) is 3.29. The average Bonchev–Trinajstić information content (AvgIpc) is 2.05. The second kappa shape index (κ2) is 12.0. The van der Waals surface area contributed by atoms with Crippen molar-refractivity contribution in [1.82, 2.24) is 0 Å². The van der Waals surface area contributed by atoms with E-state index in [4.69, 9.17) is 7.85 Å². The maximum Gasteiger partial charge on any atom is 0.0657 e. The van der Waals surface area contributed by atoms with Gasteiger partial charge < -0.3 is 0 Å². The molecule has 0 fully saturated rings. The Labute approximate surface area is 72.1 Å². The first kappa shape index (κ1) is 12.9. The molecular weight excluding hydrogens is 131 g/mol. The van der Waals surface area contributed by atoms with Crippen molar-refractivity contribution in [2.75, 3.05) is 0 Å². The Balaban J connectivity index is 0. The lowest BCUT2D eigenvalue weighted by atomic mass is 9.98. The van der Waals surface area contributed by atoms with Gasteiger partial charge in [-0.3, -0.25) is 0 Å². The fourth-order valence-electron chi connectivity index (χ4n) is 0.287. The van der Waals surface area contributed by atoms with E-state index in [1.165, 1.54) is 0 Å². The molecule has 0 atom stereocenters. The van der Waals surface area contributed by atoms with Crippen LogP contribution in [0.5, 0.6) is 0 Å². The van der Waals surface area contributed by atoms with Crippen LogP contribution >= 0.6 is 0 Å². The van der Waals surface area contributed by atoms with Crippen molar-refractivity contribution in [3.8, 4) is 0 Å². The van der Waals surface area contributed by atoms with Crippen molar-refractivity contribution >= 4 is 7.85 Å². The molecule has 0 aliphatic rings. The zero-order valence-corrected chi connectivity index (χ0v) is 7.64. The predicted molar refractivity (Wildman–Crippen MR) is 55.0 cm³/mol. The fraction of sp³-hybridized carbons (Fsp3) is 0.400. The maximum absolute atomic E-state index is 5.20. The smallest absolute Gasteiger partial charge is 0.0657 e. The molecule has 0 spiro atoms. The van der Waals surface area contributed by atoms with Crippen LogP contribution in [0, 0.1) is 0 Å². The highest BCUT2D eigenvalue weighted by atomic mass is 13.8. The summed E-state index contributed by atoms with van der Waals surface area (Å²) in [5.41, 5.74) is 1.02. The zero-order chi connectivity index (χ0) is 9.11. The first-order chi connectivity index (χ1) is 5.22. The molecule has 0 N–H and O–H groups in total. The molecule has 0 aliphatic carbocycles. The summed E-state index contributed by atoms with van der Waals surface area (Å²) in [5, 5.41) is 0. The van der Waals surface area contributed by atoms with Crippen molar-refractivity contribution in [3.63, 3.8) is 0 Å². The topological polar surface area (TPSA) is 0 Å². The molecule has 1 heteroatoms. The lowest BCUT2D eigenvalue weighted by molar-refractivity contribution is 1.15. The third-order valence-electron chi connectivity index (χ3n) is 1.09. The van der Waals surface area contributed by atoms with Gasteiger partial charge in [-0.1, -0.05) is 43.3 Å². The molecule has 0 saturated carbocycles. The van der Waals surface area contributed by atoms with Crippen LogP contribution in [0.1, 0.15) is 20.3 Å². The van der Waals surface area contributed by atoms with E-state index in [0.29, 0.717) is 6.32 Å². The monoisotopic (exact) mass is 148 g/mol. The summed E-state index contributed by atoms with van der Waals surface area (Å²) in [6.07, 6.45) is 7.27. The number of hydrogen-bond acceptors (Lipinski definition) is 0. The van der Waals surface area contributed by atoms with E-state index in [9.17, 15) is 0 Å². The molecule has 0 aliphatic heterocycles. The lowest BCUT2D eigenvalue weighted by Gasteiger charge is -1.89. The van der Waals surface area contributed by atoms with Crippen molar-refractivity contribution in [2.24, 2.45) is 0 Å². The summed E-state index contributed by atoms with van der Waals surface area (Å²) in [7, 11) is 5.20. The molecule has 0 aromatic rings. The van der Waals surface area contributed by atoms with Crippen LogP contribution in [0.4, 0.5) is 0 Å². The highest BCUT2D eigenvalue weighted by molar-refractivity contribution is 6.08. The normalized spacial score (nSPS) is 8.55. The van der Waals surface area contributed by atoms with Gasteiger partial charge in [-0.2, -0.15) is 0 Å². The van der Waals surface area contributed by atoms with Gasteiger partial charge in [0.2, 0.25) is 0 Å². The minimum absolute atomic E-state index is 0.671. The summed E-state index contributed by atoms with van der Waals surface area (Å²) in [6, 6.07) is 0.